The van der Waals surface area contributed by atoms with E-state index in [1.54, 1.807) is 18.2 Å². The maximum Gasteiger partial charge on any atom is 0.368 e. The van der Waals surface area contributed by atoms with E-state index in [0.29, 0.717) is 11.3 Å². The number of nitrogens with two attached hydrogens (primary N) is 1. The van der Waals surface area contributed by atoms with Crippen molar-refractivity contribution in [1.29, 1.82) is 0 Å². The van der Waals surface area contributed by atoms with Crippen molar-refractivity contribution >= 4 is 10.0 Å². The van der Waals surface area contributed by atoms with Gasteiger partial charge in [-0.05, 0) is 41.5 Å². The molecule has 0 spiro atoms. The fourth-order valence-corrected chi connectivity index (χ4v) is 2.41. The summed E-state index contributed by atoms with van der Waals surface area (Å²) in [5, 5.41) is 11.6. The molecule has 0 aliphatic carbocycles. The molecule has 2 rings (SSSR count). The van der Waals surface area contributed by atoms with E-state index in [1.807, 2.05) is 0 Å². The molecule has 8 nitrogen and oxygen atoms in total. The number of halogens is 1. The van der Waals surface area contributed by atoms with Crippen molar-refractivity contribution in [2.24, 2.45) is 5.14 Å². The molecule has 0 saturated carbocycles. The van der Waals surface area contributed by atoms with Gasteiger partial charge in [0.05, 0.1) is 24.2 Å². The van der Waals surface area contributed by atoms with E-state index in [0.717, 1.165) is 9.36 Å². The first kappa shape index (κ1) is 16.3. The largest absolute Gasteiger partial charge is 0.368 e. The SMILES string of the molecule is CC(c1cccc(-n2nnn(CCCF)c2=O)c1)S(N)(=O)=O. The highest BCUT2D eigenvalue weighted by molar-refractivity contribution is 7.89. The first-order chi connectivity index (χ1) is 10.3. The molecule has 0 aliphatic heterocycles. The number of hydrogen-bond acceptors (Lipinski definition) is 5. The Balaban J connectivity index is 2.39. The van der Waals surface area contributed by atoms with E-state index in [4.69, 9.17) is 5.14 Å². The summed E-state index contributed by atoms with van der Waals surface area (Å²) in [7, 11) is -3.74. The Hall–Kier alpha value is -2.07. The number of tetrazole rings is 1. The van der Waals surface area contributed by atoms with Crippen LogP contribution in [0, 0.1) is 0 Å². The zero-order valence-electron chi connectivity index (χ0n) is 11.9. The second-order valence-corrected chi connectivity index (χ2v) is 6.65. The molecule has 10 heteroatoms. The summed E-state index contributed by atoms with van der Waals surface area (Å²) in [5.41, 5.74) is 0.281. The molecule has 0 bridgehead atoms. The third-order valence-corrected chi connectivity index (χ3v) is 4.48. The van der Waals surface area contributed by atoms with E-state index in [-0.39, 0.29) is 13.0 Å². The third-order valence-electron chi connectivity index (χ3n) is 3.22. The van der Waals surface area contributed by atoms with Crippen LogP contribution in [-0.2, 0) is 16.6 Å². The highest BCUT2D eigenvalue weighted by Crippen LogP contribution is 2.21. The van der Waals surface area contributed by atoms with Gasteiger partial charge in [0.25, 0.3) is 0 Å². The number of aromatic nitrogens is 4. The number of rotatable bonds is 6. The summed E-state index contributed by atoms with van der Waals surface area (Å²) in [6, 6.07) is 6.29. The number of alkyl halides is 1. The Morgan fingerprint density at radius 2 is 2.09 bits per heavy atom. The third kappa shape index (κ3) is 3.39. The number of nitrogens with zero attached hydrogens (tertiary/aromatic N) is 4. The molecule has 0 fully saturated rings. The molecule has 0 saturated heterocycles. The van der Waals surface area contributed by atoms with Crippen LogP contribution in [0.1, 0.15) is 24.2 Å². The predicted octanol–water partition coefficient (Wildman–Crippen LogP) is 0.138. The quantitative estimate of drug-likeness (QED) is 0.810. The normalized spacial score (nSPS) is 13.2. The van der Waals surface area contributed by atoms with Crippen LogP contribution in [0.3, 0.4) is 0 Å². The minimum absolute atomic E-state index is 0.128. The van der Waals surface area contributed by atoms with Gasteiger partial charge in [-0.25, -0.2) is 18.4 Å². The molecule has 1 unspecified atom stereocenters. The van der Waals surface area contributed by atoms with Crippen LogP contribution in [0.2, 0.25) is 0 Å². The average molecular weight is 329 g/mol. The van der Waals surface area contributed by atoms with E-state index in [1.165, 1.54) is 13.0 Å². The fraction of sp³-hybridized carbons (Fsp3) is 0.417. The monoisotopic (exact) mass is 329 g/mol. The Morgan fingerprint density at radius 3 is 2.73 bits per heavy atom. The lowest BCUT2D eigenvalue weighted by Gasteiger charge is -2.10. The van der Waals surface area contributed by atoms with Gasteiger partial charge in [-0.1, -0.05) is 12.1 Å². The molecule has 1 atom stereocenters. The van der Waals surface area contributed by atoms with E-state index in [9.17, 15) is 17.6 Å². The minimum Gasteiger partial charge on any atom is -0.251 e. The zero-order valence-corrected chi connectivity index (χ0v) is 12.7. The van der Waals surface area contributed by atoms with Gasteiger partial charge in [0.15, 0.2) is 0 Å². The number of benzene rings is 1. The summed E-state index contributed by atoms with van der Waals surface area (Å²) < 4.78 is 37.1. The van der Waals surface area contributed by atoms with Crippen LogP contribution in [0.15, 0.2) is 29.1 Å². The van der Waals surface area contributed by atoms with Crippen molar-refractivity contribution in [3.05, 3.63) is 40.3 Å². The maximum absolute atomic E-state index is 12.2. The molecule has 2 aromatic rings. The van der Waals surface area contributed by atoms with Gasteiger partial charge >= 0.3 is 5.69 Å². The Kier molecular flexibility index (Phi) is 4.71. The lowest BCUT2D eigenvalue weighted by Crippen LogP contribution is -2.25. The first-order valence-corrected chi connectivity index (χ1v) is 8.16. The number of sulfonamides is 1. The minimum atomic E-state index is -3.74. The molecule has 2 N–H and O–H groups in total. The molecule has 0 radical (unpaired) electrons. The van der Waals surface area contributed by atoms with Crippen LogP contribution in [0.4, 0.5) is 4.39 Å². The van der Waals surface area contributed by atoms with E-state index < -0.39 is 27.6 Å². The maximum atomic E-state index is 12.2. The number of primary sulfonamides is 1. The number of hydrogen-bond donors (Lipinski definition) is 1. The van der Waals surface area contributed by atoms with Crippen LogP contribution in [0.5, 0.6) is 0 Å². The van der Waals surface area contributed by atoms with Crippen molar-refractivity contribution in [3.63, 3.8) is 0 Å². The Morgan fingerprint density at radius 1 is 1.36 bits per heavy atom. The van der Waals surface area contributed by atoms with Crippen molar-refractivity contribution in [3.8, 4) is 5.69 Å². The molecular weight excluding hydrogens is 313 g/mol. The molecule has 22 heavy (non-hydrogen) atoms. The van der Waals surface area contributed by atoms with Crippen molar-refractivity contribution in [1.82, 2.24) is 19.8 Å². The molecule has 0 aliphatic rings. The van der Waals surface area contributed by atoms with Gasteiger partial charge in [0.2, 0.25) is 10.0 Å². The molecular formula is C12H16FN5O3S. The first-order valence-electron chi connectivity index (χ1n) is 6.55. The Labute approximate surface area is 126 Å². The lowest BCUT2D eigenvalue weighted by atomic mass is 10.1. The zero-order chi connectivity index (χ0) is 16.3. The van der Waals surface area contributed by atoms with Gasteiger partial charge in [0, 0.05) is 0 Å². The summed E-state index contributed by atoms with van der Waals surface area (Å²) in [6.07, 6.45) is 0.168. The van der Waals surface area contributed by atoms with Gasteiger partial charge in [-0.15, -0.1) is 0 Å². The summed E-state index contributed by atoms with van der Waals surface area (Å²) in [4.78, 5) is 12.1. The summed E-state index contributed by atoms with van der Waals surface area (Å²) in [5.74, 6) is 0. The molecule has 120 valence electrons. The second-order valence-electron chi connectivity index (χ2n) is 4.77. The van der Waals surface area contributed by atoms with Crippen LogP contribution in [-0.4, -0.2) is 34.9 Å². The van der Waals surface area contributed by atoms with Gasteiger partial charge < -0.3 is 0 Å². The molecule has 0 amide bonds. The standard InChI is InChI=1S/C12H16FN5O3S/c1-9(22(14,20)21)10-4-2-5-11(8-10)18-12(19)17(15-16-18)7-3-6-13/h2,4-5,8-9H,3,6-7H2,1H3,(H2,14,20,21). The fourth-order valence-electron chi connectivity index (χ4n) is 1.89. The summed E-state index contributed by atoms with van der Waals surface area (Å²) >= 11 is 0. The lowest BCUT2D eigenvalue weighted by molar-refractivity contribution is 0.427. The predicted molar refractivity (Wildman–Crippen MR) is 77.7 cm³/mol. The summed E-state index contributed by atoms with van der Waals surface area (Å²) in [6.45, 7) is 1.03. The van der Waals surface area contributed by atoms with Crippen molar-refractivity contribution < 1.29 is 12.8 Å². The van der Waals surface area contributed by atoms with Crippen LogP contribution < -0.4 is 10.8 Å². The smallest absolute Gasteiger partial charge is 0.251 e. The van der Waals surface area contributed by atoms with E-state index >= 15 is 0 Å². The highest BCUT2D eigenvalue weighted by Gasteiger charge is 2.19. The van der Waals surface area contributed by atoms with Gasteiger partial charge in [0.1, 0.15) is 0 Å². The van der Waals surface area contributed by atoms with E-state index in [2.05, 4.69) is 10.4 Å². The highest BCUT2D eigenvalue weighted by atomic mass is 32.2. The second kappa shape index (κ2) is 6.36. The molecule has 1 aromatic heterocycles. The number of aryl methyl sites for hydroxylation is 1. The van der Waals surface area contributed by atoms with Crippen molar-refractivity contribution in [2.45, 2.75) is 25.1 Å². The van der Waals surface area contributed by atoms with Crippen molar-refractivity contribution in [2.75, 3.05) is 6.67 Å². The van der Waals surface area contributed by atoms with Gasteiger partial charge in [-0.2, -0.15) is 9.36 Å². The van der Waals surface area contributed by atoms with Crippen LogP contribution in [0.25, 0.3) is 5.69 Å². The Bertz CT molecular complexity index is 814. The topological polar surface area (TPSA) is 113 Å². The van der Waals surface area contributed by atoms with Crippen LogP contribution >= 0.6 is 0 Å². The molecule has 1 aromatic carbocycles. The van der Waals surface area contributed by atoms with Gasteiger partial charge in [-0.3, -0.25) is 4.39 Å². The molecule has 1 heterocycles. The average Bonchev–Trinajstić information content (AvgIpc) is 2.84.